The fourth-order valence-corrected chi connectivity index (χ4v) is 1.46. The number of hydrogen-bond acceptors (Lipinski definition) is 5. The minimum atomic E-state index is -0.781. The van der Waals surface area contributed by atoms with Gasteiger partial charge in [-0.1, -0.05) is 30.3 Å². The van der Waals surface area contributed by atoms with E-state index in [4.69, 9.17) is 4.74 Å². The molecular formula is C14H11N3O4. The number of benzene rings is 2. The summed E-state index contributed by atoms with van der Waals surface area (Å²) in [4.78, 5) is 21.4. The Morgan fingerprint density at radius 2 is 1.81 bits per heavy atom. The van der Waals surface area contributed by atoms with Crippen LogP contribution in [0.15, 0.2) is 59.7 Å². The van der Waals surface area contributed by atoms with E-state index < -0.39 is 11.0 Å². The molecule has 0 heterocycles. The Labute approximate surface area is 120 Å². The van der Waals surface area contributed by atoms with Crippen LogP contribution in [0.1, 0.15) is 5.56 Å². The van der Waals surface area contributed by atoms with Crippen molar-refractivity contribution in [3.63, 3.8) is 0 Å². The Hall–Kier alpha value is -3.22. The van der Waals surface area contributed by atoms with E-state index in [0.717, 1.165) is 5.56 Å². The molecular weight excluding hydrogens is 274 g/mol. The lowest BCUT2D eigenvalue weighted by molar-refractivity contribution is -0.384. The third kappa shape index (κ3) is 4.43. The molecule has 1 N–H and O–H groups in total. The number of nitrogens with zero attached hydrogens (tertiary/aromatic N) is 2. The van der Waals surface area contributed by atoms with Crippen LogP contribution in [-0.4, -0.2) is 17.2 Å². The molecule has 0 spiro atoms. The summed E-state index contributed by atoms with van der Waals surface area (Å²) < 4.78 is 4.90. The molecule has 0 fully saturated rings. The number of rotatable bonds is 4. The summed E-state index contributed by atoms with van der Waals surface area (Å²) in [7, 11) is 0. The highest BCUT2D eigenvalue weighted by atomic mass is 16.6. The van der Waals surface area contributed by atoms with Gasteiger partial charge in [0.1, 0.15) is 5.75 Å². The van der Waals surface area contributed by atoms with Gasteiger partial charge in [0, 0.05) is 12.1 Å². The Bertz CT molecular complexity index is 654. The quantitative estimate of drug-likeness (QED) is 0.531. The summed E-state index contributed by atoms with van der Waals surface area (Å²) in [6.45, 7) is 0. The molecule has 0 aliphatic rings. The first-order chi connectivity index (χ1) is 10.1. The number of nitrogens with one attached hydrogen (secondary N) is 1. The average Bonchev–Trinajstić information content (AvgIpc) is 2.49. The maximum atomic E-state index is 11.4. The minimum absolute atomic E-state index is 0.0788. The van der Waals surface area contributed by atoms with Crippen molar-refractivity contribution in [1.82, 2.24) is 5.43 Å². The summed E-state index contributed by atoms with van der Waals surface area (Å²) in [5.41, 5.74) is 2.94. The number of hydrazone groups is 1. The molecule has 7 heteroatoms. The zero-order valence-corrected chi connectivity index (χ0v) is 10.8. The van der Waals surface area contributed by atoms with Crippen molar-refractivity contribution < 1.29 is 14.5 Å². The van der Waals surface area contributed by atoms with Gasteiger partial charge in [-0.3, -0.25) is 10.1 Å². The SMILES string of the molecule is O=C(N/N=C/c1ccccc1)Oc1ccc([N+](=O)[O-])cc1. The van der Waals surface area contributed by atoms with E-state index in [1.165, 1.54) is 30.5 Å². The van der Waals surface area contributed by atoms with Gasteiger partial charge in [-0.25, -0.2) is 10.2 Å². The first-order valence-corrected chi connectivity index (χ1v) is 5.95. The maximum Gasteiger partial charge on any atom is 0.433 e. The van der Waals surface area contributed by atoms with Gasteiger partial charge in [0.15, 0.2) is 0 Å². The minimum Gasteiger partial charge on any atom is -0.409 e. The van der Waals surface area contributed by atoms with Crippen LogP contribution in [0.5, 0.6) is 5.75 Å². The molecule has 0 atom stereocenters. The summed E-state index contributed by atoms with van der Waals surface area (Å²) in [5, 5.41) is 14.2. The summed E-state index contributed by atoms with van der Waals surface area (Å²) >= 11 is 0. The van der Waals surface area contributed by atoms with Gasteiger partial charge in [-0.15, -0.1) is 0 Å². The Balaban J connectivity index is 1.87. The van der Waals surface area contributed by atoms with Gasteiger partial charge in [-0.2, -0.15) is 5.10 Å². The molecule has 21 heavy (non-hydrogen) atoms. The van der Waals surface area contributed by atoms with Crippen LogP contribution in [0, 0.1) is 10.1 Å². The van der Waals surface area contributed by atoms with E-state index in [-0.39, 0.29) is 11.4 Å². The number of amides is 1. The molecule has 0 aromatic heterocycles. The Morgan fingerprint density at radius 3 is 2.43 bits per heavy atom. The maximum absolute atomic E-state index is 11.4. The molecule has 0 aliphatic heterocycles. The van der Waals surface area contributed by atoms with Crippen molar-refractivity contribution in [3.05, 3.63) is 70.3 Å². The number of carbonyl (C=O) groups excluding carboxylic acids is 1. The fraction of sp³-hybridized carbons (Fsp3) is 0. The van der Waals surface area contributed by atoms with Gasteiger partial charge in [0.05, 0.1) is 11.1 Å². The zero-order chi connectivity index (χ0) is 15.1. The molecule has 0 bridgehead atoms. The highest BCUT2D eigenvalue weighted by Gasteiger charge is 2.07. The van der Waals surface area contributed by atoms with Gasteiger partial charge in [0.2, 0.25) is 0 Å². The molecule has 106 valence electrons. The lowest BCUT2D eigenvalue weighted by Crippen LogP contribution is -2.21. The van der Waals surface area contributed by atoms with E-state index in [0.29, 0.717) is 0 Å². The molecule has 0 saturated heterocycles. The van der Waals surface area contributed by atoms with Gasteiger partial charge in [-0.05, 0) is 17.7 Å². The first kappa shape index (κ1) is 14.2. The lowest BCUT2D eigenvalue weighted by Gasteiger charge is -2.02. The zero-order valence-electron chi connectivity index (χ0n) is 10.8. The van der Waals surface area contributed by atoms with Crippen LogP contribution < -0.4 is 10.2 Å². The lowest BCUT2D eigenvalue weighted by atomic mass is 10.2. The topological polar surface area (TPSA) is 93.8 Å². The molecule has 7 nitrogen and oxygen atoms in total. The predicted molar refractivity (Wildman–Crippen MR) is 76.3 cm³/mol. The number of nitro groups is 1. The Morgan fingerprint density at radius 1 is 1.14 bits per heavy atom. The second kappa shape index (κ2) is 6.80. The molecule has 2 aromatic rings. The molecule has 0 aliphatic carbocycles. The van der Waals surface area contributed by atoms with Crippen molar-refractivity contribution in [1.29, 1.82) is 0 Å². The number of nitro benzene ring substituents is 1. The molecule has 0 radical (unpaired) electrons. The molecule has 2 aromatic carbocycles. The van der Waals surface area contributed by atoms with Crippen molar-refractivity contribution in [2.45, 2.75) is 0 Å². The third-order valence-corrected chi connectivity index (χ3v) is 2.43. The predicted octanol–water partition coefficient (Wildman–Crippen LogP) is 2.72. The van der Waals surface area contributed by atoms with E-state index in [2.05, 4.69) is 10.5 Å². The van der Waals surface area contributed by atoms with Crippen molar-refractivity contribution >= 4 is 18.0 Å². The van der Waals surface area contributed by atoms with Crippen molar-refractivity contribution in [2.75, 3.05) is 0 Å². The summed E-state index contributed by atoms with van der Waals surface area (Å²) in [6, 6.07) is 14.4. The van der Waals surface area contributed by atoms with Crippen molar-refractivity contribution in [2.24, 2.45) is 5.10 Å². The van der Waals surface area contributed by atoms with Crippen LogP contribution in [0.4, 0.5) is 10.5 Å². The van der Waals surface area contributed by atoms with Gasteiger partial charge < -0.3 is 4.74 Å². The van der Waals surface area contributed by atoms with E-state index >= 15 is 0 Å². The normalized spacial score (nSPS) is 10.3. The molecule has 0 saturated carbocycles. The van der Waals surface area contributed by atoms with E-state index in [1.54, 1.807) is 0 Å². The van der Waals surface area contributed by atoms with Crippen LogP contribution in [0.25, 0.3) is 0 Å². The van der Waals surface area contributed by atoms with Crippen LogP contribution in [0.3, 0.4) is 0 Å². The van der Waals surface area contributed by atoms with E-state index in [9.17, 15) is 14.9 Å². The number of non-ortho nitro benzene ring substituents is 1. The largest absolute Gasteiger partial charge is 0.433 e. The highest BCUT2D eigenvalue weighted by molar-refractivity contribution is 5.81. The fourth-order valence-electron chi connectivity index (χ4n) is 1.46. The monoisotopic (exact) mass is 285 g/mol. The summed E-state index contributed by atoms with van der Waals surface area (Å²) in [5.74, 6) is 0.188. The Kier molecular flexibility index (Phi) is 4.60. The van der Waals surface area contributed by atoms with Gasteiger partial charge in [0.25, 0.3) is 5.69 Å². The van der Waals surface area contributed by atoms with Crippen LogP contribution in [0.2, 0.25) is 0 Å². The number of ether oxygens (including phenoxy) is 1. The number of hydrogen-bond donors (Lipinski definition) is 1. The van der Waals surface area contributed by atoms with E-state index in [1.807, 2.05) is 30.3 Å². The molecule has 2 rings (SSSR count). The van der Waals surface area contributed by atoms with Crippen molar-refractivity contribution in [3.8, 4) is 5.75 Å². The summed E-state index contributed by atoms with van der Waals surface area (Å²) in [6.07, 6.45) is 0.688. The standard InChI is InChI=1S/C14H11N3O4/c18-14(16-15-10-11-4-2-1-3-5-11)21-13-8-6-12(7-9-13)17(19)20/h1-10H,(H,16,18)/b15-10+. The average molecular weight is 285 g/mol. The van der Waals surface area contributed by atoms with Gasteiger partial charge >= 0.3 is 6.09 Å². The second-order valence-corrected chi connectivity index (χ2v) is 3.92. The smallest absolute Gasteiger partial charge is 0.409 e. The van der Waals surface area contributed by atoms with Crippen LogP contribution in [-0.2, 0) is 0 Å². The van der Waals surface area contributed by atoms with Crippen LogP contribution >= 0.6 is 0 Å². The third-order valence-electron chi connectivity index (χ3n) is 2.43. The highest BCUT2D eigenvalue weighted by Crippen LogP contribution is 2.17. The molecule has 0 unspecified atom stereocenters. The first-order valence-electron chi connectivity index (χ1n) is 5.95. The number of carbonyl (C=O) groups is 1. The molecule has 1 amide bonds. The second-order valence-electron chi connectivity index (χ2n) is 3.92.